The van der Waals surface area contributed by atoms with Crippen molar-refractivity contribution in [1.29, 1.82) is 0 Å². The summed E-state index contributed by atoms with van der Waals surface area (Å²) in [5.74, 6) is 1.54. The number of rotatable bonds is 8. The predicted octanol–water partition coefficient (Wildman–Crippen LogP) is 3.44. The Hall–Kier alpha value is -0.570. The molecule has 0 aromatic rings. The molecule has 1 amide bonds. The van der Waals surface area contributed by atoms with Crippen molar-refractivity contribution in [1.82, 2.24) is 10.2 Å². The molecule has 20 heavy (non-hydrogen) atoms. The third kappa shape index (κ3) is 5.82. The number of nitrogens with zero attached hydrogens (tertiary/aromatic N) is 1. The average molecular weight is 282 g/mol. The van der Waals surface area contributed by atoms with Crippen LogP contribution in [-0.4, -0.2) is 36.5 Å². The van der Waals surface area contributed by atoms with Gasteiger partial charge in [-0.3, -0.25) is 4.79 Å². The van der Waals surface area contributed by atoms with Crippen LogP contribution in [0.1, 0.15) is 66.2 Å². The highest BCUT2D eigenvalue weighted by Crippen LogP contribution is 2.23. The normalized spacial score (nSPS) is 20.9. The molecule has 1 saturated heterocycles. The summed E-state index contributed by atoms with van der Waals surface area (Å²) in [6.45, 7) is 11.9. The van der Waals surface area contributed by atoms with E-state index < -0.39 is 0 Å². The standard InChI is InChI=1S/C17H34N2O/c1-5-6-7-11-19(14(2)3)17(20)12-15(4)16-9-8-10-18-13-16/h14-16,18H,5-13H2,1-4H3. The van der Waals surface area contributed by atoms with E-state index in [4.69, 9.17) is 0 Å². The number of hydrogen-bond donors (Lipinski definition) is 1. The molecule has 0 spiro atoms. The van der Waals surface area contributed by atoms with Gasteiger partial charge in [-0.1, -0.05) is 26.7 Å². The second-order valence-corrected chi connectivity index (χ2v) is 6.68. The van der Waals surface area contributed by atoms with Crippen LogP contribution in [0, 0.1) is 11.8 Å². The molecule has 118 valence electrons. The lowest BCUT2D eigenvalue weighted by Crippen LogP contribution is -2.40. The Morgan fingerprint density at radius 1 is 1.30 bits per heavy atom. The van der Waals surface area contributed by atoms with E-state index in [1.54, 1.807) is 0 Å². The fraction of sp³-hybridized carbons (Fsp3) is 0.941. The Balaban J connectivity index is 2.43. The zero-order chi connectivity index (χ0) is 15.0. The topological polar surface area (TPSA) is 32.3 Å². The van der Waals surface area contributed by atoms with Crippen molar-refractivity contribution in [2.75, 3.05) is 19.6 Å². The molecule has 0 aromatic heterocycles. The molecule has 1 aliphatic rings. The molecule has 1 aliphatic heterocycles. The number of carbonyl (C=O) groups is 1. The Kier molecular flexibility index (Phi) is 8.20. The molecule has 2 atom stereocenters. The molecule has 1 heterocycles. The molecule has 3 heteroatoms. The van der Waals surface area contributed by atoms with Gasteiger partial charge in [0.2, 0.25) is 5.91 Å². The molecule has 3 nitrogen and oxygen atoms in total. The van der Waals surface area contributed by atoms with Crippen LogP contribution in [-0.2, 0) is 4.79 Å². The van der Waals surface area contributed by atoms with E-state index in [0.717, 1.165) is 32.5 Å². The van der Waals surface area contributed by atoms with Crippen molar-refractivity contribution in [3.63, 3.8) is 0 Å². The lowest BCUT2D eigenvalue weighted by molar-refractivity contribution is -0.134. The van der Waals surface area contributed by atoms with Gasteiger partial charge in [-0.15, -0.1) is 0 Å². The predicted molar refractivity (Wildman–Crippen MR) is 85.7 cm³/mol. The van der Waals surface area contributed by atoms with Crippen LogP contribution < -0.4 is 5.32 Å². The first-order valence-electron chi connectivity index (χ1n) is 8.56. The molecule has 2 unspecified atom stereocenters. The third-order valence-corrected chi connectivity index (χ3v) is 4.58. The number of nitrogens with one attached hydrogen (secondary N) is 1. The van der Waals surface area contributed by atoms with Crippen LogP contribution in [0.4, 0.5) is 0 Å². The Labute approximate surface area is 125 Å². The molecule has 1 N–H and O–H groups in total. The van der Waals surface area contributed by atoms with Crippen molar-refractivity contribution >= 4 is 5.91 Å². The van der Waals surface area contributed by atoms with Crippen molar-refractivity contribution < 1.29 is 4.79 Å². The molecule has 1 fully saturated rings. The average Bonchev–Trinajstić information content (AvgIpc) is 2.44. The van der Waals surface area contributed by atoms with Gasteiger partial charge >= 0.3 is 0 Å². The van der Waals surface area contributed by atoms with E-state index >= 15 is 0 Å². The van der Waals surface area contributed by atoms with Gasteiger partial charge in [0, 0.05) is 19.0 Å². The monoisotopic (exact) mass is 282 g/mol. The maximum absolute atomic E-state index is 12.5. The summed E-state index contributed by atoms with van der Waals surface area (Å²) in [7, 11) is 0. The summed E-state index contributed by atoms with van der Waals surface area (Å²) in [4.78, 5) is 14.6. The summed E-state index contributed by atoms with van der Waals surface area (Å²) < 4.78 is 0. The van der Waals surface area contributed by atoms with Crippen molar-refractivity contribution in [2.24, 2.45) is 11.8 Å². The first-order valence-corrected chi connectivity index (χ1v) is 8.56. The zero-order valence-corrected chi connectivity index (χ0v) is 14.0. The summed E-state index contributed by atoms with van der Waals surface area (Å²) in [6.07, 6.45) is 6.83. The van der Waals surface area contributed by atoms with Crippen LogP contribution >= 0.6 is 0 Å². The fourth-order valence-corrected chi connectivity index (χ4v) is 3.13. The maximum Gasteiger partial charge on any atom is 0.223 e. The van der Waals surface area contributed by atoms with E-state index in [-0.39, 0.29) is 0 Å². The summed E-state index contributed by atoms with van der Waals surface area (Å²) in [6, 6.07) is 0.330. The summed E-state index contributed by atoms with van der Waals surface area (Å²) in [5.41, 5.74) is 0. The Bertz CT molecular complexity index is 272. The SMILES string of the molecule is CCCCCN(C(=O)CC(C)C1CCCNC1)C(C)C. The highest BCUT2D eigenvalue weighted by molar-refractivity contribution is 5.76. The molecule has 0 radical (unpaired) electrons. The largest absolute Gasteiger partial charge is 0.340 e. The van der Waals surface area contributed by atoms with Gasteiger partial charge in [0.1, 0.15) is 0 Å². The Morgan fingerprint density at radius 2 is 2.05 bits per heavy atom. The highest BCUT2D eigenvalue weighted by atomic mass is 16.2. The first-order chi connectivity index (χ1) is 9.56. The second kappa shape index (κ2) is 9.38. The molecule has 0 saturated carbocycles. The molecule has 0 aliphatic carbocycles. The van der Waals surface area contributed by atoms with Crippen molar-refractivity contribution in [3.05, 3.63) is 0 Å². The molecule has 0 bridgehead atoms. The van der Waals surface area contributed by atoms with E-state index in [9.17, 15) is 4.79 Å². The molecular weight excluding hydrogens is 248 g/mol. The zero-order valence-electron chi connectivity index (χ0n) is 14.0. The minimum absolute atomic E-state index is 0.330. The van der Waals surface area contributed by atoms with Crippen LogP contribution in [0.5, 0.6) is 0 Å². The summed E-state index contributed by atoms with van der Waals surface area (Å²) >= 11 is 0. The van der Waals surface area contributed by atoms with E-state index in [2.05, 4.69) is 37.9 Å². The number of unbranched alkanes of at least 4 members (excludes halogenated alkanes) is 2. The van der Waals surface area contributed by atoms with Gasteiger partial charge in [0.25, 0.3) is 0 Å². The van der Waals surface area contributed by atoms with Crippen LogP contribution in [0.25, 0.3) is 0 Å². The number of hydrogen-bond acceptors (Lipinski definition) is 2. The van der Waals surface area contributed by atoms with Gasteiger partial charge in [0.05, 0.1) is 0 Å². The van der Waals surface area contributed by atoms with Crippen molar-refractivity contribution in [3.8, 4) is 0 Å². The Morgan fingerprint density at radius 3 is 2.60 bits per heavy atom. The minimum Gasteiger partial charge on any atom is -0.340 e. The van der Waals surface area contributed by atoms with Crippen LogP contribution in [0.2, 0.25) is 0 Å². The number of carbonyl (C=O) groups excluding carboxylic acids is 1. The number of amides is 1. The molecule has 1 rings (SSSR count). The number of piperidine rings is 1. The lowest BCUT2D eigenvalue weighted by atomic mass is 9.85. The maximum atomic E-state index is 12.5. The van der Waals surface area contributed by atoms with Gasteiger partial charge in [-0.2, -0.15) is 0 Å². The van der Waals surface area contributed by atoms with E-state index in [1.807, 2.05) is 0 Å². The van der Waals surface area contributed by atoms with Gasteiger partial charge < -0.3 is 10.2 Å². The van der Waals surface area contributed by atoms with Crippen molar-refractivity contribution in [2.45, 2.75) is 72.3 Å². The summed E-state index contributed by atoms with van der Waals surface area (Å²) in [5, 5.41) is 3.46. The second-order valence-electron chi connectivity index (χ2n) is 6.68. The van der Waals surface area contributed by atoms with E-state index in [1.165, 1.54) is 25.7 Å². The van der Waals surface area contributed by atoms with Crippen LogP contribution in [0.15, 0.2) is 0 Å². The fourth-order valence-electron chi connectivity index (χ4n) is 3.13. The molecule has 0 aromatic carbocycles. The minimum atomic E-state index is 0.330. The smallest absolute Gasteiger partial charge is 0.223 e. The van der Waals surface area contributed by atoms with Gasteiger partial charge in [0.15, 0.2) is 0 Å². The van der Waals surface area contributed by atoms with E-state index in [0.29, 0.717) is 23.8 Å². The first kappa shape index (κ1) is 17.5. The third-order valence-electron chi connectivity index (χ3n) is 4.58. The van der Waals surface area contributed by atoms with Gasteiger partial charge in [-0.25, -0.2) is 0 Å². The van der Waals surface area contributed by atoms with Gasteiger partial charge in [-0.05, 0) is 58.0 Å². The lowest BCUT2D eigenvalue weighted by Gasteiger charge is -2.32. The quantitative estimate of drug-likeness (QED) is 0.692. The van der Waals surface area contributed by atoms with Crippen LogP contribution in [0.3, 0.4) is 0 Å². The highest BCUT2D eigenvalue weighted by Gasteiger charge is 2.25. The molecular formula is C17H34N2O.